The van der Waals surface area contributed by atoms with Crippen molar-refractivity contribution in [2.75, 3.05) is 6.54 Å². The average Bonchev–Trinajstić information content (AvgIpc) is 2.16. The van der Waals surface area contributed by atoms with Crippen LogP contribution in [0.4, 0.5) is 0 Å². The van der Waals surface area contributed by atoms with Crippen LogP contribution in [0, 0.1) is 0 Å². The van der Waals surface area contributed by atoms with Crippen molar-refractivity contribution >= 4 is 5.91 Å². The van der Waals surface area contributed by atoms with Crippen molar-refractivity contribution in [3.05, 3.63) is 29.8 Å². The summed E-state index contributed by atoms with van der Waals surface area (Å²) in [6.45, 7) is 8.39. The van der Waals surface area contributed by atoms with Crippen LogP contribution in [-0.4, -0.2) is 18.1 Å². The van der Waals surface area contributed by atoms with E-state index in [0.717, 1.165) is 0 Å². The maximum absolute atomic E-state index is 11.8. The molecule has 0 aliphatic rings. The Kier molecular flexibility index (Phi) is 3.93. The fourth-order valence-electron chi connectivity index (χ4n) is 1.33. The van der Waals surface area contributed by atoms with Crippen molar-refractivity contribution in [1.82, 2.24) is 5.32 Å². The summed E-state index contributed by atoms with van der Waals surface area (Å²) in [6.07, 6.45) is 0. The molecule has 0 saturated carbocycles. The van der Waals surface area contributed by atoms with Gasteiger partial charge in [-0.2, -0.15) is 0 Å². The second kappa shape index (κ2) is 5.01. The van der Waals surface area contributed by atoms with E-state index in [9.17, 15) is 4.79 Å². The zero-order valence-corrected chi connectivity index (χ0v) is 10.3. The summed E-state index contributed by atoms with van der Waals surface area (Å²) in [7, 11) is 0. The molecule has 1 N–H and O–H groups in total. The van der Waals surface area contributed by atoms with Gasteiger partial charge in [0.2, 0.25) is 0 Å². The van der Waals surface area contributed by atoms with Crippen molar-refractivity contribution in [2.45, 2.75) is 33.3 Å². The summed E-state index contributed by atoms with van der Waals surface area (Å²) < 4.78 is 5.74. The SMILES string of the molecule is CCNC(=O)c1ccccc1OC(C)(C)C. The summed E-state index contributed by atoms with van der Waals surface area (Å²) in [5.41, 5.74) is 0.280. The van der Waals surface area contributed by atoms with E-state index in [2.05, 4.69) is 5.32 Å². The van der Waals surface area contributed by atoms with Gasteiger partial charge in [0.15, 0.2) is 0 Å². The molecule has 0 aromatic heterocycles. The Morgan fingerprint density at radius 1 is 1.31 bits per heavy atom. The van der Waals surface area contributed by atoms with Crippen molar-refractivity contribution in [1.29, 1.82) is 0 Å². The number of benzene rings is 1. The zero-order valence-electron chi connectivity index (χ0n) is 10.3. The number of hydrogen-bond donors (Lipinski definition) is 1. The van der Waals surface area contributed by atoms with Gasteiger partial charge in [0, 0.05) is 6.54 Å². The van der Waals surface area contributed by atoms with E-state index in [0.29, 0.717) is 17.9 Å². The van der Waals surface area contributed by atoms with Crippen molar-refractivity contribution < 1.29 is 9.53 Å². The highest BCUT2D eigenvalue weighted by Gasteiger charge is 2.17. The largest absolute Gasteiger partial charge is 0.487 e. The monoisotopic (exact) mass is 221 g/mol. The van der Waals surface area contributed by atoms with Crippen LogP contribution in [-0.2, 0) is 0 Å². The molecule has 3 nitrogen and oxygen atoms in total. The maximum Gasteiger partial charge on any atom is 0.255 e. The van der Waals surface area contributed by atoms with Crippen LogP contribution in [0.2, 0.25) is 0 Å². The lowest BCUT2D eigenvalue weighted by Crippen LogP contribution is -2.27. The van der Waals surface area contributed by atoms with Crippen LogP contribution >= 0.6 is 0 Å². The minimum atomic E-state index is -0.303. The molecule has 0 atom stereocenters. The Balaban J connectivity index is 2.96. The summed E-state index contributed by atoms with van der Waals surface area (Å²) in [5, 5.41) is 2.77. The first-order chi connectivity index (χ1) is 7.44. The maximum atomic E-state index is 11.8. The Morgan fingerprint density at radius 3 is 2.50 bits per heavy atom. The first-order valence-electron chi connectivity index (χ1n) is 5.50. The lowest BCUT2D eigenvalue weighted by atomic mass is 10.1. The molecule has 0 fully saturated rings. The van der Waals surface area contributed by atoms with E-state index in [1.54, 1.807) is 6.07 Å². The van der Waals surface area contributed by atoms with Crippen molar-refractivity contribution in [2.24, 2.45) is 0 Å². The average molecular weight is 221 g/mol. The van der Waals surface area contributed by atoms with Crippen LogP contribution < -0.4 is 10.1 Å². The van der Waals surface area contributed by atoms with E-state index >= 15 is 0 Å². The first kappa shape index (κ1) is 12.6. The number of amides is 1. The zero-order chi connectivity index (χ0) is 12.2. The molecular formula is C13H19NO2. The fourth-order valence-corrected chi connectivity index (χ4v) is 1.33. The number of carbonyl (C=O) groups is 1. The molecule has 0 bridgehead atoms. The second-order valence-electron chi connectivity index (χ2n) is 4.57. The molecular weight excluding hydrogens is 202 g/mol. The summed E-state index contributed by atoms with van der Waals surface area (Å²) in [6, 6.07) is 7.28. The van der Waals surface area contributed by atoms with Gasteiger partial charge < -0.3 is 10.1 Å². The van der Waals surface area contributed by atoms with Gasteiger partial charge in [-0.15, -0.1) is 0 Å². The molecule has 0 unspecified atom stereocenters. The number of hydrogen-bond acceptors (Lipinski definition) is 2. The molecule has 1 aromatic carbocycles. The predicted molar refractivity (Wildman–Crippen MR) is 64.8 cm³/mol. The fraction of sp³-hybridized carbons (Fsp3) is 0.462. The molecule has 0 saturated heterocycles. The minimum Gasteiger partial charge on any atom is -0.487 e. The number of ether oxygens (including phenoxy) is 1. The third-order valence-corrected chi connectivity index (χ3v) is 1.89. The highest BCUT2D eigenvalue weighted by molar-refractivity contribution is 5.96. The van der Waals surface area contributed by atoms with Crippen LogP contribution in [0.15, 0.2) is 24.3 Å². The molecule has 0 radical (unpaired) electrons. The Labute approximate surface area is 96.8 Å². The number of nitrogens with one attached hydrogen (secondary N) is 1. The summed E-state index contributed by atoms with van der Waals surface area (Å²) in [4.78, 5) is 11.8. The first-order valence-corrected chi connectivity index (χ1v) is 5.50. The van der Waals surface area contributed by atoms with E-state index < -0.39 is 0 Å². The molecule has 0 heterocycles. The topological polar surface area (TPSA) is 38.3 Å². The lowest BCUT2D eigenvalue weighted by molar-refractivity contribution is 0.0935. The smallest absolute Gasteiger partial charge is 0.255 e. The number of rotatable bonds is 3. The van der Waals surface area contributed by atoms with Crippen molar-refractivity contribution in [3.63, 3.8) is 0 Å². The van der Waals surface area contributed by atoms with Gasteiger partial charge in [-0.3, -0.25) is 4.79 Å². The molecule has 16 heavy (non-hydrogen) atoms. The van der Waals surface area contributed by atoms with Gasteiger partial charge in [-0.25, -0.2) is 0 Å². The van der Waals surface area contributed by atoms with Crippen LogP contribution in [0.25, 0.3) is 0 Å². The second-order valence-corrected chi connectivity index (χ2v) is 4.57. The van der Waals surface area contributed by atoms with E-state index in [1.807, 2.05) is 45.9 Å². The van der Waals surface area contributed by atoms with E-state index in [1.165, 1.54) is 0 Å². The third-order valence-electron chi connectivity index (χ3n) is 1.89. The molecule has 1 rings (SSSR count). The Bertz CT molecular complexity index is 366. The quantitative estimate of drug-likeness (QED) is 0.852. The van der Waals surface area contributed by atoms with Gasteiger partial charge in [-0.05, 0) is 39.8 Å². The van der Waals surface area contributed by atoms with E-state index in [4.69, 9.17) is 4.74 Å². The lowest BCUT2D eigenvalue weighted by Gasteiger charge is -2.22. The highest BCUT2D eigenvalue weighted by Crippen LogP contribution is 2.22. The van der Waals surface area contributed by atoms with Crippen LogP contribution in [0.3, 0.4) is 0 Å². The molecule has 0 spiro atoms. The van der Waals surface area contributed by atoms with Gasteiger partial charge in [-0.1, -0.05) is 12.1 Å². The van der Waals surface area contributed by atoms with Gasteiger partial charge >= 0.3 is 0 Å². The molecule has 1 amide bonds. The van der Waals surface area contributed by atoms with Gasteiger partial charge in [0.25, 0.3) is 5.91 Å². The number of para-hydroxylation sites is 1. The molecule has 3 heteroatoms. The van der Waals surface area contributed by atoms with Crippen LogP contribution in [0.1, 0.15) is 38.1 Å². The molecule has 88 valence electrons. The normalized spacial score (nSPS) is 11.0. The van der Waals surface area contributed by atoms with Crippen LogP contribution in [0.5, 0.6) is 5.75 Å². The summed E-state index contributed by atoms with van der Waals surface area (Å²) in [5.74, 6) is 0.531. The predicted octanol–water partition coefficient (Wildman–Crippen LogP) is 2.61. The molecule has 0 aliphatic heterocycles. The third kappa shape index (κ3) is 3.57. The van der Waals surface area contributed by atoms with E-state index in [-0.39, 0.29) is 11.5 Å². The number of carbonyl (C=O) groups excluding carboxylic acids is 1. The van der Waals surface area contributed by atoms with Gasteiger partial charge in [0.05, 0.1) is 5.56 Å². The summed E-state index contributed by atoms with van der Waals surface area (Å²) >= 11 is 0. The highest BCUT2D eigenvalue weighted by atomic mass is 16.5. The minimum absolute atomic E-state index is 0.0950. The standard InChI is InChI=1S/C13H19NO2/c1-5-14-12(15)10-8-6-7-9-11(10)16-13(2,3)4/h6-9H,5H2,1-4H3,(H,14,15). The van der Waals surface area contributed by atoms with Gasteiger partial charge in [0.1, 0.15) is 11.4 Å². The molecule has 0 aliphatic carbocycles. The Hall–Kier alpha value is -1.51. The van der Waals surface area contributed by atoms with Crippen molar-refractivity contribution in [3.8, 4) is 5.75 Å². The molecule has 1 aromatic rings. The Morgan fingerprint density at radius 2 is 1.94 bits per heavy atom.